The number of ether oxygens (including phenoxy) is 2. The van der Waals surface area contributed by atoms with Crippen molar-refractivity contribution in [2.45, 2.75) is 27.4 Å². The van der Waals surface area contributed by atoms with Crippen molar-refractivity contribution >= 4 is 33.6 Å². The van der Waals surface area contributed by atoms with E-state index in [1.165, 1.54) is 11.6 Å². The normalized spacial score (nSPS) is 10.9. The number of nitrogens with one attached hydrogen (secondary N) is 1. The number of hydrogen-bond donors (Lipinski definition) is 1. The van der Waals surface area contributed by atoms with Gasteiger partial charge >= 0.3 is 0 Å². The Labute approximate surface area is 192 Å². The minimum atomic E-state index is -0.186. The molecule has 3 rings (SSSR count). The fourth-order valence-corrected chi connectivity index (χ4v) is 3.99. The van der Waals surface area contributed by atoms with E-state index in [1.54, 1.807) is 13.2 Å². The monoisotopic (exact) mass is 479 g/mol. The molecule has 0 aliphatic carbocycles. The smallest absolute Gasteiger partial charge is 0.248 e. The van der Waals surface area contributed by atoms with E-state index in [2.05, 4.69) is 33.4 Å². The fraction of sp³-hybridized carbons (Fsp3) is 0.192. The SMILES string of the molecule is COc1cc(C=CC(=O)Nc2c(C)cc(C)cc2C)cc(Br)c1OCc1ccccc1. The van der Waals surface area contributed by atoms with Gasteiger partial charge in [-0.05, 0) is 77.2 Å². The molecule has 31 heavy (non-hydrogen) atoms. The molecule has 0 unspecified atom stereocenters. The van der Waals surface area contributed by atoms with E-state index in [0.717, 1.165) is 32.4 Å². The number of halogens is 1. The second-order valence-electron chi connectivity index (χ2n) is 7.40. The average Bonchev–Trinajstić information content (AvgIpc) is 2.74. The molecule has 3 aromatic carbocycles. The third-order valence-electron chi connectivity index (χ3n) is 4.83. The van der Waals surface area contributed by atoms with Gasteiger partial charge in [-0.2, -0.15) is 0 Å². The quantitative estimate of drug-likeness (QED) is 0.387. The van der Waals surface area contributed by atoms with E-state index in [4.69, 9.17) is 9.47 Å². The molecule has 1 amide bonds. The van der Waals surface area contributed by atoms with Crippen LogP contribution in [0.2, 0.25) is 0 Å². The van der Waals surface area contributed by atoms with Crippen LogP contribution in [0.1, 0.15) is 27.8 Å². The van der Waals surface area contributed by atoms with Gasteiger partial charge in [-0.1, -0.05) is 48.0 Å². The highest BCUT2D eigenvalue weighted by Crippen LogP contribution is 2.37. The lowest BCUT2D eigenvalue weighted by atomic mass is 10.1. The molecule has 3 aromatic rings. The van der Waals surface area contributed by atoms with Crippen molar-refractivity contribution in [2.75, 3.05) is 12.4 Å². The van der Waals surface area contributed by atoms with Gasteiger partial charge in [-0.3, -0.25) is 4.79 Å². The molecule has 0 bridgehead atoms. The highest BCUT2D eigenvalue weighted by molar-refractivity contribution is 9.10. The highest BCUT2D eigenvalue weighted by Gasteiger charge is 2.12. The summed E-state index contributed by atoms with van der Waals surface area (Å²) >= 11 is 3.56. The van der Waals surface area contributed by atoms with Gasteiger partial charge in [0.2, 0.25) is 5.91 Å². The molecule has 0 radical (unpaired) electrons. The molecule has 0 heterocycles. The van der Waals surface area contributed by atoms with Crippen LogP contribution in [0.15, 0.2) is 65.1 Å². The summed E-state index contributed by atoms with van der Waals surface area (Å²) in [6.07, 6.45) is 3.27. The Balaban J connectivity index is 1.73. The molecule has 1 N–H and O–H groups in total. The number of anilines is 1. The zero-order valence-corrected chi connectivity index (χ0v) is 19.7. The van der Waals surface area contributed by atoms with Gasteiger partial charge in [0.1, 0.15) is 6.61 Å². The number of methoxy groups -OCH3 is 1. The number of carbonyl (C=O) groups is 1. The van der Waals surface area contributed by atoms with Gasteiger partial charge in [0, 0.05) is 11.8 Å². The van der Waals surface area contributed by atoms with Crippen LogP contribution in [0.4, 0.5) is 5.69 Å². The number of amides is 1. The van der Waals surface area contributed by atoms with Gasteiger partial charge in [0.05, 0.1) is 11.6 Å². The van der Waals surface area contributed by atoms with Crippen LogP contribution in [0.5, 0.6) is 11.5 Å². The highest BCUT2D eigenvalue weighted by atomic mass is 79.9. The van der Waals surface area contributed by atoms with Crippen molar-refractivity contribution in [1.29, 1.82) is 0 Å². The molecule has 0 spiro atoms. The summed E-state index contributed by atoms with van der Waals surface area (Å²) in [6.45, 7) is 6.47. The van der Waals surface area contributed by atoms with E-state index in [1.807, 2.05) is 63.2 Å². The molecule has 160 valence electrons. The van der Waals surface area contributed by atoms with Gasteiger partial charge in [-0.25, -0.2) is 0 Å². The van der Waals surface area contributed by atoms with Crippen LogP contribution in [0, 0.1) is 20.8 Å². The van der Waals surface area contributed by atoms with Crippen molar-refractivity contribution < 1.29 is 14.3 Å². The number of benzene rings is 3. The van der Waals surface area contributed by atoms with Gasteiger partial charge in [0.15, 0.2) is 11.5 Å². The second kappa shape index (κ2) is 10.3. The molecule has 0 aliphatic rings. The average molecular weight is 480 g/mol. The summed E-state index contributed by atoms with van der Waals surface area (Å²) in [5.41, 5.74) is 6.01. The van der Waals surface area contributed by atoms with Crippen LogP contribution in [-0.4, -0.2) is 13.0 Å². The van der Waals surface area contributed by atoms with Crippen LogP contribution in [0.3, 0.4) is 0 Å². The topological polar surface area (TPSA) is 47.6 Å². The molecule has 0 aliphatic heterocycles. The van der Waals surface area contributed by atoms with Crippen LogP contribution in [-0.2, 0) is 11.4 Å². The molecular formula is C26H26BrNO3. The second-order valence-corrected chi connectivity index (χ2v) is 8.26. The minimum Gasteiger partial charge on any atom is -0.493 e. The molecule has 0 atom stereocenters. The lowest BCUT2D eigenvalue weighted by molar-refractivity contribution is -0.111. The summed E-state index contributed by atoms with van der Waals surface area (Å²) in [6, 6.07) is 17.8. The zero-order chi connectivity index (χ0) is 22.4. The Hall–Kier alpha value is -3.05. The van der Waals surface area contributed by atoms with E-state index in [-0.39, 0.29) is 5.91 Å². The van der Waals surface area contributed by atoms with Gasteiger partial charge in [0.25, 0.3) is 0 Å². The Morgan fingerprint density at radius 2 is 1.71 bits per heavy atom. The van der Waals surface area contributed by atoms with E-state index < -0.39 is 0 Å². The predicted octanol–water partition coefficient (Wildman–Crippen LogP) is 6.61. The first-order valence-corrected chi connectivity index (χ1v) is 10.8. The summed E-state index contributed by atoms with van der Waals surface area (Å²) in [5.74, 6) is 1.03. The van der Waals surface area contributed by atoms with Crippen LogP contribution < -0.4 is 14.8 Å². The first kappa shape index (κ1) is 22.6. The largest absolute Gasteiger partial charge is 0.493 e. The summed E-state index contributed by atoms with van der Waals surface area (Å²) in [4.78, 5) is 12.5. The first-order chi connectivity index (χ1) is 14.9. The third-order valence-corrected chi connectivity index (χ3v) is 5.42. The van der Waals surface area contributed by atoms with Gasteiger partial charge < -0.3 is 14.8 Å². The fourth-order valence-electron chi connectivity index (χ4n) is 3.42. The third kappa shape index (κ3) is 5.98. The Bertz CT molecular complexity index is 1080. The lowest BCUT2D eigenvalue weighted by Crippen LogP contribution is -2.10. The number of rotatable bonds is 7. The standard InChI is InChI=1S/C26H26BrNO3/c1-17-12-18(2)25(19(3)13-17)28-24(29)11-10-21-14-22(27)26(23(15-21)30-4)31-16-20-8-6-5-7-9-20/h5-15H,16H2,1-4H3,(H,28,29). The zero-order valence-electron chi connectivity index (χ0n) is 18.2. The van der Waals surface area contributed by atoms with E-state index in [0.29, 0.717) is 18.1 Å². The Morgan fingerprint density at radius 1 is 1.03 bits per heavy atom. The van der Waals surface area contributed by atoms with Crippen LogP contribution >= 0.6 is 15.9 Å². The van der Waals surface area contributed by atoms with Gasteiger partial charge in [-0.15, -0.1) is 0 Å². The number of carbonyl (C=O) groups excluding carboxylic acids is 1. The maximum Gasteiger partial charge on any atom is 0.248 e. The molecule has 0 aromatic heterocycles. The lowest BCUT2D eigenvalue weighted by Gasteiger charge is -2.14. The molecule has 5 heteroatoms. The first-order valence-electron chi connectivity index (χ1n) is 9.98. The van der Waals surface area contributed by atoms with E-state index >= 15 is 0 Å². The van der Waals surface area contributed by atoms with Crippen molar-refractivity contribution in [3.63, 3.8) is 0 Å². The summed E-state index contributed by atoms with van der Waals surface area (Å²) in [5, 5.41) is 2.98. The predicted molar refractivity (Wildman–Crippen MR) is 130 cm³/mol. The molecule has 0 saturated heterocycles. The van der Waals surface area contributed by atoms with E-state index in [9.17, 15) is 4.79 Å². The number of aryl methyl sites for hydroxylation is 3. The Kier molecular flexibility index (Phi) is 7.53. The molecule has 0 saturated carbocycles. The number of hydrogen-bond acceptors (Lipinski definition) is 3. The van der Waals surface area contributed by atoms with Crippen molar-refractivity contribution in [3.05, 3.63) is 93.0 Å². The maximum absolute atomic E-state index is 12.5. The summed E-state index contributed by atoms with van der Waals surface area (Å²) < 4.78 is 12.2. The molecule has 4 nitrogen and oxygen atoms in total. The Morgan fingerprint density at radius 3 is 2.35 bits per heavy atom. The van der Waals surface area contributed by atoms with Crippen molar-refractivity contribution in [3.8, 4) is 11.5 Å². The van der Waals surface area contributed by atoms with Crippen molar-refractivity contribution in [1.82, 2.24) is 0 Å². The molecular weight excluding hydrogens is 454 g/mol. The summed E-state index contributed by atoms with van der Waals surface area (Å²) in [7, 11) is 1.60. The minimum absolute atomic E-state index is 0.186. The maximum atomic E-state index is 12.5. The van der Waals surface area contributed by atoms with Crippen molar-refractivity contribution in [2.24, 2.45) is 0 Å². The molecule has 0 fully saturated rings. The van der Waals surface area contributed by atoms with Crippen LogP contribution in [0.25, 0.3) is 6.08 Å².